The second kappa shape index (κ2) is 10.1. The SMILES string of the molecule is COc1ccc(-n2c(C)cc([C@H]3[C@H](c4ccccn4)NC(=S)N3c3ccc(NS(C)(=O)=O)cc3)c2C)cc1. The van der Waals surface area contributed by atoms with Crippen LogP contribution >= 0.6 is 12.2 Å². The van der Waals surface area contributed by atoms with Gasteiger partial charge in [-0.05, 0) is 98.4 Å². The van der Waals surface area contributed by atoms with Gasteiger partial charge in [0.1, 0.15) is 5.75 Å². The topological polar surface area (TPSA) is 88.5 Å². The highest BCUT2D eigenvalue weighted by atomic mass is 32.2. The summed E-state index contributed by atoms with van der Waals surface area (Å²) >= 11 is 5.86. The Morgan fingerprint density at radius 3 is 2.29 bits per heavy atom. The van der Waals surface area contributed by atoms with Crippen LogP contribution in [0.25, 0.3) is 5.69 Å². The summed E-state index contributed by atoms with van der Waals surface area (Å²) in [6, 6.07) is 22.9. The molecular weight excluding hydrogens is 518 g/mol. The highest BCUT2D eigenvalue weighted by molar-refractivity contribution is 7.92. The molecule has 1 saturated heterocycles. The van der Waals surface area contributed by atoms with Crippen molar-refractivity contribution < 1.29 is 13.2 Å². The molecule has 8 nitrogen and oxygen atoms in total. The van der Waals surface area contributed by atoms with E-state index in [9.17, 15) is 8.42 Å². The summed E-state index contributed by atoms with van der Waals surface area (Å²) in [7, 11) is -1.72. The molecule has 0 spiro atoms. The van der Waals surface area contributed by atoms with Crippen molar-refractivity contribution in [2.24, 2.45) is 0 Å². The van der Waals surface area contributed by atoms with Crippen molar-refractivity contribution in [2.75, 3.05) is 23.0 Å². The zero-order valence-electron chi connectivity index (χ0n) is 21.5. The number of methoxy groups -OCH3 is 1. The maximum Gasteiger partial charge on any atom is 0.229 e. The Morgan fingerprint density at radius 2 is 1.68 bits per heavy atom. The van der Waals surface area contributed by atoms with Crippen molar-refractivity contribution >= 4 is 38.7 Å². The number of nitrogens with zero attached hydrogens (tertiary/aromatic N) is 3. The number of ether oxygens (including phenoxy) is 1. The minimum absolute atomic E-state index is 0.190. The maximum atomic E-state index is 11.7. The molecule has 1 aliphatic rings. The van der Waals surface area contributed by atoms with E-state index in [4.69, 9.17) is 17.0 Å². The molecule has 4 aromatic rings. The number of aryl methyl sites for hydroxylation is 1. The van der Waals surface area contributed by atoms with Gasteiger partial charge in [0.15, 0.2) is 5.11 Å². The largest absolute Gasteiger partial charge is 0.497 e. The molecule has 196 valence electrons. The van der Waals surface area contributed by atoms with Gasteiger partial charge in [0.2, 0.25) is 10.0 Å². The quantitative estimate of drug-likeness (QED) is 0.313. The number of pyridine rings is 1. The number of benzene rings is 2. The van der Waals surface area contributed by atoms with E-state index in [2.05, 4.69) is 44.4 Å². The lowest BCUT2D eigenvalue weighted by Crippen LogP contribution is -2.29. The molecule has 2 aromatic carbocycles. The van der Waals surface area contributed by atoms with Gasteiger partial charge in [-0.3, -0.25) is 9.71 Å². The summed E-state index contributed by atoms with van der Waals surface area (Å²) in [6.45, 7) is 4.20. The summed E-state index contributed by atoms with van der Waals surface area (Å²) in [5, 5.41) is 4.06. The van der Waals surface area contributed by atoms with E-state index in [1.54, 1.807) is 25.4 Å². The summed E-state index contributed by atoms with van der Waals surface area (Å²) in [4.78, 5) is 6.73. The van der Waals surface area contributed by atoms with E-state index in [1.807, 2.05) is 54.6 Å². The molecule has 0 aliphatic carbocycles. The Balaban J connectivity index is 1.61. The van der Waals surface area contributed by atoms with Gasteiger partial charge in [-0.1, -0.05) is 6.07 Å². The van der Waals surface area contributed by atoms with Crippen LogP contribution in [0.2, 0.25) is 0 Å². The van der Waals surface area contributed by atoms with Gasteiger partial charge in [0.05, 0.1) is 31.1 Å². The number of hydrogen-bond donors (Lipinski definition) is 2. The fourth-order valence-electron chi connectivity index (χ4n) is 5.07. The van der Waals surface area contributed by atoms with E-state index < -0.39 is 10.0 Å². The number of nitrogens with one attached hydrogen (secondary N) is 2. The van der Waals surface area contributed by atoms with Crippen molar-refractivity contribution in [1.82, 2.24) is 14.9 Å². The Morgan fingerprint density at radius 1 is 1.00 bits per heavy atom. The molecule has 2 N–H and O–H groups in total. The molecule has 0 saturated carbocycles. The molecule has 3 heterocycles. The first-order valence-electron chi connectivity index (χ1n) is 12.1. The first kappa shape index (κ1) is 25.7. The number of rotatable bonds is 7. The van der Waals surface area contributed by atoms with E-state index in [0.29, 0.717) is 10.8 Å². The van der Waals surface area contributed by atoms with Gasteiger partial charge in [0, 0.05) is 34.6 Å². The minimum atomic E-state index is -3.38. The Bertz CT molecular complexity index is 1570. The predicted molar refractivity (Wildman–Crippen MR) is 155 cm³/mol. The fourth-order valence-corrected chi connectivity index (χ4v) is 5.98. The van der Waals surface area contributed by atoms with E-state index in [-0.39, 0.29) is 12.1 Å². The van der Waals surface area contributed by atoms with E-state index >= 15 is 0 Å². The number of thiocarbonyl (C=S) groups is 1. The minimum Gasteiger partial charge on any atom is -0.497 e. The van der Waals surface area contributed by atoms with Crippen molar-refractivity contribution in [1.29, 1.82) is 0 Å². The third kappa shape index (κ3) is 4.97. The molecule has 10 heteroatoms. The third-order valence-electron chi connectivity index (χ3n) is 6.67. The lowest BCUT2D eigenvalue weighted by molar-refractivity contribution is 0.414. The second-order valence-electron chi connectivity index (χ2n) is 9.28. The maximum absolute atomic E-state index is 11.7. The summed E-state index contributed by atoms with van der Waals surface area (Å²) in [5.74, 6) is 0.803. The molecule has 0 bridgehead atoms. The average molecular weight is 548 g/mol. The van der Waals surface area contributed by atoms with Crippen LogP contribution in [0.3, 0.4) is 0 Å². The van der Waals surface area contributed by atoms with Crippen molar-refractivity contribution in [3.8, 4) is 11.4 Å². The van der Waals surface area contributed by atoms with Gasteiger partial charge >= 0.3 is 0 Å². The lowest BCUT2D eigenvalue weighted by atomic mass is 9.96. The van der Waals surface area contributed by atoms with E-state index in [0.717, 1.165) is 46.0 Å². The Labute approximate surface area is 228 Å². The normalized spacial score (nSPS) is 17.4. The molecule has 0 radical (unpaired) electrons. The standard InChI is InChI=1S/C28H29N5O3S2/c1-18-17-24(19(2)32(18)21-12-14-23(36-3)15-13-21)27-26(25-7-5-6-16-29-25)30-28(37)33(27)22-10-8-20(9-11-22)31-38(4,34)35/h5-17,26-27,31H,1-4H3,(H,30,37)/t26-,27-/m0/s1. The van der Waals surface area contributed by atoms with Crippen LogP contribution in [-0.2, 0) is 10.0 Å². The monoisotopic (exact) mass is 547 g/mol. The number of aromatic nitrogens is 2. The Kier molecular flexibility index (Phi) is 6.85. The molecular formula is C28H29N5O3S2. The highest BCUT2D eigenvalue weighted by Crippen LogP contribution is 2.44. The summed E-state index contributed by atoms with van der Waals surface area (Å²) in [5.41, 5.74) is 6.55. The number of hydrogen-bond acceptors (Lipinski definition) is 5. The van der Waals surface area contributed by atoms with Crippen LogP contribution in [0.1, 0.15) is 34.7 Å². The summed E-state index contributed by atoms with van der Waals surface area (Å²) < 4.78 is 33.5. The van der Waals surface area contributed by atoms with E-state index in [1.165, 1.54) is 0 Å². The third-order valence-corrected chi connectivity index (χ3v) is 7.59. The van der Waals surface area contributed by atoms with Crippen LogP contribution in [0.15, 0.2) is 79.0 Å². The van der Waals surface area contributed by atoms with Crippen LogP contribution in [-0.4, -0.2) is 36.4 Å². The smallest absolute Gasteiger partial charge is 0.229 e. The van der Waals surface area contributed by atoms with Gasteiger partial charge in [-0.15, -0.1) is 0 Å². The second-order valence-corrected chi connectivity index (χ2v) is 11.4. The predicted octanol–water partition coefficient (Wildman–Crippen LogP) is 5.05. The van der Waals surface area contributed by atoms with Crippen LogP contribution in [0, 0.1) is 13.8 Å². The van der Waals surface area contributed by atoms with Gasteiger partial charge in [-0.2, -0.15) is 0 Å². The first-order valence-corrected chi connectivity index (χ1v) is 14.4. The highest BCUT2D eigenvalue weighted by Gasteiger charge is 2.42. The molecule has 2 aromatic heterocycles. The fraction of sp³-hybridized carbons (Fsp3) is 0.214. The first-order chi connectivity index (χ1) is 18.2. The molecule has 2 atom stereocenters. The van der Waals surface area contributed by atoms with Crippen LogP contribution < -0.4 is 19.7 Å². The zero-order valence-corrected chi connectivity index (χ0v) is 23.2. The summed E-state index contributed by atoms with van der Waals surface area (Å²) in [6.07, 6.45) is 2.92. The molecule has 38 heavy (non-hydrogen) atoms. The van der Waals surface area contributed by atoms with Crippen LogP contribution in [0.5, 0.6) is 5.75 Å². The van der Waals surface area contributed by atoms with Gasteiger partial charge in [0.25, 0.3) is 0 Å². The average Bonchev–Trinajstić information content (AvgIpc) is 3.39. The molecule has 0 amide bonds. The molecule has 1 fully saturated rings. The number of anilines is 2. The lowest BCUT2D eigenvalue weighted by Gasteiger charge is -2.28. The molecule has 5 rings (SSSR count). The van der Waals surface area contributed by atoms with Crippen molar-refractivity contribution in [3.63, 3.8) is 0 Å². The molecule has 0 unspecified atom stereocenters. The van der Waals surface area contributed by atoms with Gasteiger partial charge < -0.3 is 19.5 Å². The number of sulfonamides is 1. The van der Waals surface area contributed by atoms with Gasteiger partial charge in [-0.25, -0.2) is 8.42 Å². The van der Waals surface area contributed by atoms with Crippen molar-refractivity contribution in [3.05, 3.63) is 102 Å². The molecule has 1 aliphatic heterocycles. The Hall–Kier alpha value is -3.89. The van der Waals surface area contributed by atoms with Crippen molar-refractivity contribution in [2.45, 2.75) is 25.9 Å². The zero-order chi connectivity index (χ0) is 27.0. The van der Waals surface area contributed by atoms with Crippen LogP contribution in [0.4, 0.5) is 11.4 Å².